The number of carbonyl (C=O) groups excluding carboxylic acids is 1. The Balaban J connectivity index is 1.71. The fraction of sp³-hybridized carbons (Fsp3) is 0.400. The van der Waals surface area contributed by atoms with Crippen molar-refractivity contribution in [3.63, 3.8) is 0 Å². The quantitative estimate of drug-likeness (QED) is 0.336. The Bertz CT molecular complexity index is 1110. The maximum atomic E-state index is 12.5. The van der Waals surface area contributed by atoms with Crippen LogP contribution in [0.5, 0.6) is 5.75 Å². The molecule has 0 radical (unpaired) electrons. The molecule has 33 heavy (non-hydrogen) atoms. The molecule has 0 bridgehead atoms. The van der Waals surface area contributed by atoms with E-state index in [1.165, 1.54) is 11.8 Å². The topological polar surface area (TPSA) is 69.0 Å². The summed E-state index contributed by atoms with van der Waals surface area (Å²) in [5, 5.41) is 13.0. The van der Waals surface area contributed by atoms with Gasteiger partial charge in [-0.3, -0.25) is 4.79 Å². The number of hydrogen-bond acceptors (Lipinski definition) is 5. The fourth-order valence-electron chi connectivity index (χ4n) is 3.46. The van der Waals surface area contributed by atoms with E-state index < -0.39 is 0 Å². The van der Waals surface area contributed by atoms with Gasteiger partial charge in [-0.15, -0.1) is 10.2 Å². The van der Waals surface area contributed by atoms with Crippen molar-refractivity contribution < 1.29 is 9.53 Å². The van der Waals surface area contributed by atoms with Crippen molar-refractivity contribution in [2.24, 2.45) is 0 Å². The molecule has 0 spiro atoms. The number of nitrogens with zero attached hydrogens (tertiary/aromatic N) is 3. The van der Waals surface area contributed by atoms with Crippen LogP contribution in [0.15, 0.2) is 47.6 Å². The van der Waals surface area contributed by atoms with E-state index in [1.807, 2.05) is 48.7 Å². The number of ether oxygens (including phenoxy) is 1. The zero-order valence-corrected chi connectivity index (χ0v) is 21.5. The predicted octanol–water partition coefficient (Wildman–Crippen LogP) is 6.82. The molecule has 0 saturated carbocycles. The number of halogens is 1. The number of carbonyl (C=O) groups is 1. The first-order valence-corrected chi connectivity index (χ1v) is 12.4. The van der Waals surface area contributed by atoms with E-state index in [0.717, 1.165) is 22.7 Å². The molecule has 0 saturated heterocycles. The molecule has 1 aromatic heterocycles. The number of anilines is 1. The highest BCUT2D eigenvalue weighted by molar-refractivity contribution is 7.99. The monoisotopic (exact) mass is 486 g/mol. The molecule has 176 valence electrons. The molecule has 2 aromatic carbocycles. The van der Waals surface area contributed by atoms with Gasteiger partial charge < -0.3 is 14.6 Å². The fourth-order valence-corrected chi connectivity index (χ4v) is 4.51. The number of nitrogens with one attached hydrogen (secondary N) is 1. The average Bonchev–Trinajstić information content (AvgIpc) is 3.19. The zero-order chi connectivity index (χ0) is 24.1. The largest absolute Gasteiger partial charge is 0.482 e. The van der Waals surface area contributed by atoms with Crippen LogP contribution in [0.3, 0.4) is 0 Å². The van der Waals surface area contributed by atoms with Crippen molar-refractivity contribution in [1.29, 1.82) is 0 Å². The zero-order valence-electron chi connectivity index (χ0n) is 19.9. The van der Waals surface area contributed by atoms with E-state index in [-0.39, 0.29) is 23.8 Å². The van der Waals surface area contributed by atoms with Gasteiger partial charge in [-0.2, -0.15) is 0 Å². The summed E-state index contributed by atoms with van der Waals surface area (Å²) in [4.78, 5) is 12.5. The lowest BCUT2D eigenvalue weighted by molar-refractivity contribution is -0.113. The van der Waals surface area contributed by atoms with Crippen molar-refractivity contribution in [3.05, 3.63) is 64.4 Å². The van der Waals surface area contributed by atoms with E-state index in [9.17, 15) is 4.79 Å². The highest BCUT2D eigenvalue weighted by atomic mass is 35.5. The van der Waals surface area contributed by atoms with E-state index >= 15 is 0 Å². The summed E-state index contributed by atoms with van der Waals surface area (Å²) in [6, 6.07) is 13.7. The Hall–Kier alpha value is -2.51. The van der Waals surface area contributed by atoms with Crippen LogP contribution in [0.4, 0.5) is 5.69 Å². The van der Waals surface area contributed by atoms with E-state index in [0.29, 0.717) is 21.8 Å². The Morgan fingerprint density at radius 3 is 2.52 bits per heavy atom. The van der Waals surface area contributed by atoms with Gasteiger partial charge in [0.25, 0.3) is 0 Å². The summed E-state index contributed by atoms with van der Waals surface area (Å²) in [6.07, 6.45) is -0.294. The van der Waals surface area contributed by atoms with E-state index in [2.05, 4.69) is 49.3 Å². The summed E-state index contributed by atoms with van der Waals surface area (Å²) in [6.45, 7) is 12.3. The third-order valence-corrected chi connectivity index (χ3v) is 6.55. The van der Waals surface area contributed by atoms with Crippen LogP contribution in [0.25, 0.3) is 0 Å². The van der Waals surface area contributed by atoms with Crippen molar-refractivity contribution in [3.8, 4) is 5.75 Å². The number of amides is 1. The Morgan fingerprint density at radius 2 is 1.85 bits per heavy atom. The van der Waals surface area contributed by atoms with Gasteiger partial charge in [-0.05, 0) is 62.9 Å². The van der Waals surface area contributed by atoms with Gasteiger partial charge in [0, 0.05) is 16.8 Å². The second-order valence-electron chi connectivity index (χ2n) is 8.56. The van der Waals surface area contributed by atoms with Crippen LogP contribution >= 0.6 is 23.4 Å². The molecule has 0 fully saturated rings. The second kappa shape index (κ2) is 11.1. The number of rotatable bonds is 9. The summed E-state index contributed by atoms with van der Waals surface area (Å²) in [5.41, 5.74) is 2.80. The van der Waals surface area contributed by atoms with Gasteiger partial charge in [0.05, 0.1) is 5.75 Å². The Kier molecular flexibility index (Phi) is 8.43. The molecule has 0 aliphatic heterocycles. The minimum Gasteiger partial charge on any atom is -0.482 e. The summed E-state index contributed by atoms with van der Waals surface area (Å²) in [7, 11) is 0. The summed E-state index contributed by atoms with van der Waals surface area (Å²) < 4.78 is 8.33. The van der Waals surface area contributed by atoms with E-state index in [1.54, 1.807) is 6.07 Å². The molecule has 6 nitrogen and oxygen atoms in total. The van der Waals surface area contributed by atoms with Crippen molar-refractivity contribution >= 4 is 35.0 Å². The van der Waals surface area contributed by atoms with Crippen LogP contribution in [0.2, 0.25) is 5.02 Å². The molecule has 1 heterocycles. The predicted molar refractivity (Wildman–Crippen MR) is 136 cm³/mol. The third-order valence-electron chi connectivity index (χ3n) is 5.20. The smallest absolute Gasteiger partial charge is 0.234 e. The first-order valence-electron chi connectivity index (χ1n) is 11.1. The Morgan fingerprint density at radius 1 is 1.12 bits per heavy atom. The number of thioether (sulfide) groups is 1. The molecule has 8 heteroatoms. The lowest BCUT2D eigenvalue weighted by atomic mass is 10.0. The SMILES string of the molecule is Cc1ccc(NC(=O)CSc2nnc(C(C)Oc3ccccc3C(C)C)n2C(C)C)cc1Cl. The lowest BCUT2D eigenvalue weighted by Gasteiger charge is -2.21. The van der Waals surface area contributed by atoms with Gasteiger partial charge >= 0.3 is 0 Å². The number of aromatic nitrogens is 3. The molecular formula is C25H31ClN4O2S. The van der Waals surface area contributed by atoms with Crippen molar-refractivity contribution in [2.75, 3.05) is 11.1 Å². The minimum atomic E-state index is -0.294. The molecule has 1 amide bonds. The number of aryl methyl sites for hydroxylation is 1. The minimum absolute atomic E-state index is 0.114. The standard InChI is InChI=1S/C25H31ClN4O2S/c1-15(2)20-9-7-8-10-22(20)32-18(6)24-28-29-25(30(24)16(3)4)33-14-23(31)27-19-12-11-17(5)21(26)13-19/h7-13,15-16,18H,14H2,1-6H3,(H,27,31). The molecule has 1 unspecified atom stereocenters. The third kappa shape index (κ3) is 6.30. The average molecular weight is 487 g/mol. The molecule has 3 aromatic rings. The Labute approximate surface area is 205 Å². The second-order valence-corrected chi connectivity index (χ2v) is 9.91. The molecule has 0 aliphatic rings. The highest BCUT2D eigenvalue weighted by Gasteiger charge is 2.23. The summed E-state index contributed by atoms with van der Waals surface area (Å²) in [5.74, 6) is 2.02. The number of para-hydroxylation sites is 1. The van der Waals surface area contributed by atoms with Crippen LogP contribution < -0.4 is 10.1 Å². The molecular weight excluding hydrogens is 456 g/mol. The van der Waals surface area contributed by atoms with Crippen LogP contribution in [0, 0.1) is 6.92 Å². The molecule has 1 atom stereocenters. The molecule has 3 rings (SSSR count). The first kappa shape index (κ1) is 25.1. The van der Waals surface area contributed by atoms with Crippen LogP contribution in [-0.4, -0.2) is 26.4 Å². The molecule has 0 aliphatic carbocycles. The summed E-state index contributed by atoms with van der Waals surface area (Å²) >= 11 is 7.50. The van der Waals surface area contributed by atoms with Crippen LogP contribution in [0.1, 0.15) is 69.6 Å². The van der Waals surface area contributed by atoms with Gasteiger partial charge in [0.2, 0.25) is 5.91 Å². The maximum Gasteiger partial charge on any atom is 0.234 e. The first-order chi connectivity index (χ1) is 15.7. The van der Waals surface area contributed by atoms with Crippen LogP contribution in [-0.2, 0) is 4.79 Å². The van der Waals surface area contributed by atoms with Gasteiger partial charge in [0.15, 0.2) is 17.1 Å². The van der Waals surface area contributed by atoms with Crippen molar-refractivity contribution in [1.82, 2.24) is 14.8 Å². The van der Waals surface area contributed by atoms with Gasteiger partial charge in [-0.25, -0.2) is 0 Å². The van der Waals surface area contributed by atoms with E-state index in [4.69, 9.17) is 16.3 Å². The number of hydrogen-bond donors (Lipinski definition) is 1. The van der Waals surface area contributed by atoms with Gasteiger partial charge in [0.1, 0.15) is 5.75 Å². The normalized spacial score (nSPS) is 12.3. The van der Waals surface area contributed by atoms with Crippen molar-refractivity contribution in [2.45, 2.75) is 64.8 Å². The van der Waals surface area contributed by atoms with Gasteiger partial charge in [-0.1, -0.05) is 61.5 Å². The molecule has 1 N–H and O–H groups in total. The highest BCUT2D eigenvalue weighted by Crippen LogP contribution is 2.32. The lowest BCUT2D eigenvalue weighted by Crippen LogP contribution is -2.17. The maximum absolute atomic E-state index is 12.5. The number of benzene rings is 2.